The molecule has 2 aromatic rings. The molecule has 27 nitrogen and oxygen atoms in total. The molecule has 6 amide bonds. The van der Waals surface area contributed by atoms with Gasteiger partial charge >= 0.3 is 35.8 Å². The smallest absolute Gasteiger partial charge is 0.326 e. The summed E-state index contributed by atoms with van der Waals surface area (Å²) in [5, 5.41) is 75.8. The summed E-state index contributed by atoms with van der Waals surface area (Å²) in [4.78, 5) is 144. The fourth-order valence-electron chi connectivity index (χ4n) is 5.44. The van der Waals surface area contributed by atoms with Gasteiger partial charge in [0.25, 0.3) is 11.8 Å². The van der Waals surface area contributed by atoms with Crippen molar-refractivity contribution in [1.29, 1.82) is 0 Å². The topological polar surface area (TPSA) is 429 Å². The van der Waals surface area contributed by atoms with Crippen molar-refractivity contribution < 1.29 is 92.6 Å². The van der Waals surface area contributed by atoms with Crippen molar-refractivity contribution in [3.63, 3.8) is 0 Å². The second-order valence-corrected chi connectivity index (χ2v) is 13.8. The highest BCUT2D eigenvalue weighted by Crippen LogP contribution is 2.16. The molecule has 0 aliphatic rings. The maximum Gasteiger partial charge on any atom is 0.326 e. The van der Waals surface area contributed by atoms with Crippen LogP contribution in [-0.4, -0.2) is 161 Å². The lowest BCUT2D eigenvalue weighted by Gasteiger charge is -2.17. The lowest BCUT2D eigenvalue weighted by atomic mass is 10.1. The van der Waals surface area contributed by atoms with Crippen molar-refractivity contribution in [1.82, 2.24) is 46.9 Å². The Morgan fingerprint density at radius 3 is 1.32 bits per heavy atom. The molecular formula is C37H46FN9O18. The van der Waals surface area contributed by atoms with E-state index in [0.29, 0.717) is 5.69 Å². The van der Waals surface area contributed by atoms with Crippen LogP contribution in [0.1, 0.15) is 84.2 Å². The summed E-state index contributed by atoms with van der Waals surface area (Å²) in [5.74, 6) is -15.1. The fourth-order valence-corrected chi connectivity index (χ4v) is 5.44. The van der Waals surface area contributed by atoms with E-state index in [0.717, 1.165) is 6.07 Å². The monoisotopic (exact) mass is 923 g/mol. The molecule has 0 fully saturated rings. The number of alkyl halides is 1. The van der Waals surface area contributed by atoms with E-state index < -0.39 is 167 Å². The van der Waals surface area contributed by atoms with Gasteiger partial charge in [-0.25, -0.2) is 23.9 Å². The molecule has 0 aliphatic heterocycles. The van der Waals surface area contributed by atoms with Crippen LogP contribution < -0.4 is 31.9 Å². The van der Waals surface area contributed by atoms with Gasteiger partial charge in [-0.3, -0.25) is 42.7 Å². The van der Waals surface area contributed by atoms with E-state index in [-0.39, 0.29) is 29.7 Å². The fraction of sp³-hybridized carbons (Fsp3) is 0.459. The molecule has 2 rings (SSSR count). The molecule has 12 N–H and O–H groups in total. The Kier molecular flexibility index (Phi) is 21.6. The molecule has 0 saturated heterocycles. The van der Waals surface area contributed by atoms with Crippen LogP contribution in [0.4, 0.5) is 4.39 Å². The Labute approximate surface area is 365 Å². The highest BCUT2D eigenvalue weighted by Gasteiger charge is 2.29. The molecule has 1 aromatic heterocycles. The number of benzene rings is 1. The molecule has 65 heavy (non-hydrogen) atoms. The van der Waals surface area contributed by atoms with E-state index in [1.165, 1.54) is 23.0 Å². The predicted octanol–water partition coefficient (Wildman–Crippen LogP) is -2.80. The zero-order chi connectivity index (χ0) is 48.8. The molecule has 4 atom stereocenters. The van der Waals surface area contributed by atoms with Crippen LogP contribution in [0.3, 0.4) is 0 Å². The van der Waals surface area contributed by atoms with Crippen LogP contribution in [0.2, 0.25) is 0 Å². The number of aliphatic carboxylic acids is 6. The maximum absolute atomic E-state index is 13.3. The number of carboxylic acid groups (broad SMARTS) is 6. The van der Waals surface area contributed by atoms with Gasteiger partial charge < -0.3 is 62.5 Å². The SMILES string of the molecule is O=C(O)CC[C@H](NC(=O)C[C@@H](NC(=O)CCNC(=O)c1cc(C(=O)NCCC(=O)N[C@H](CC(=O)N[C@@H](CCC(=O)O)C(=O)O)C(=O)O)cc(-n2cc(CCCF)nn2)c1)C(=O)O)C(=O)O. The molecule has 354 valence electrons. The van der Waals surface area contributed by atoms with E-state index in [4.69, 9.17) is 10.2 Å². The van der Waals surface area contributed by atoms with Gasteiger partial charge in [-0.15, -0.1) is 5.10 Å². The average molecular weight is 924 g/mol. The predicted molar refractivity (Wildman–Crippen MR) is 211 cm³/mol. The quantitative estimate of drug-likeness (QED) is 0.0376. The van der Waals surface area contributed by atoms with Crippen LogP contribution >= 0.6 is 0 Å². The number of aromatic nitrogens is 3. The minimum absolute atomic E-state index is 0.0867. The Morgan fingerprint density at radius 2 is 0.954 bits per heavy atom. The lowest BCUT2D eigenvalue weighted by molar-refractivity contribution is -0.145. The highest BCUT2D eigenvalue weighted by atomic mass is 19.1. The van der Waals surface area contributed by atoms with Crippen LogP contribution in [0.5, 0.6) is 0 Å². The van der Waals surface area contributed by atoms with E-state index in [9.17, 15) is 82.4 Å². The molecule has 0 unspecified atom stereocenters. The maximum atomic E-state index is 13.3. The van der Waals surface area contributed by atoms with Gasteiger partial charge in [0.1, 0.15) is 24.2 Å². The van der Waals surface area contributed by atoms with Gasteiger partial charge in [0, 0.05) is 49.9 Å². The molecule has 0 spiro atoms. The van der Waals surface area contributed by atoms with Crippen molar-refractivity contribution in [3.05, 3.63) is 41.2 Å². The third-order valence-corrected chi connectivity index (χ3v) is 8.70. The molecule has 0 saturated carbocycles. The summed E-state index contributed by atoms with van der Waals surface area (Å²) in [6, 6.07) is -3.37. The van der Waals surface area contributed by atoms with E-state index >= 15 is 0 Å². The summed E-state index contributed by atoms with van der Waals surface area (Å²) >= 11 is 0. The van der Waals surface area contributed by atoms with Gasteiger partial charge in [-0.1, -0.05) is 5.21 Å². The molecule has 1 heterocycles. The van der Waals surface area contributed by atoms with Crippen LogP contribution in [-0.2, 0) is 54.4 Å². The second-order valence-electron chi connectivity index (χ2n) is 13.8. The number of nitrogens with one attached hydrogen (secondary N) is 6. The van der Waals surface area contributed by atoms with Gasteiger partial charge in [-0.05, 0) is 43.9 Å². The third kappa shape index (κ3) is 19.7. The average Bonchev–Trinajstić information content (AvgIpc) is 3.71. The standard InChI is InChI=1S/C37H46FN9O18/c38-9-1-2-20-17-47(46-45-20)21-13-18(32(56)39-10-7-26(48)43-24(36(62)63)15-28(50)41-22(34(58)59)3-5-30(52)53)12-19(14-21)33(57)40-11-8-27(49)44-25(37(64)65)16-29(51)42-23(35(60)61)4-6-31(54)55/h12-14,17,22-25H,1-11,15-16H2,(H,39,56)(H,40,57)(H,41,50)(H,42,51)(H,43,48)(H,44,49)(H,52,53)(H,54,55)(H,58,59)(H,60,61)(H,62,63)(H,64,65)/t22-,23-,24+,25+/m0/s1. The number of aryl methyl sites for hydroxylation is 1. The van der Waals surface area contributed by atoms with Gasteiger partial charge in [0.05, 0.1) is 37.1 Å². The molecule has 28 heteroatoms. The number of nitrogens with zero attached hydrogens (tertiary/aromatic N) is 3. The van der Waals surface area contributed by atoms with Crippen molar-refractivity contribution in [2.45, 2.75) is 88.4 Å². The Morgan fingerprint density at radius 1 is 0.554 bits per heavy atom. The first-order chi connectivity index (χ1) is 30.6. The number of halogens is 1. The normalized spacial score (nSPS) is 12.5. The van der Waals surface area contributed by atoms with Crippen LogP contribution in [0.15, 0.2) is 24.4 Å². The highest BCUT2D eigenvalue weighted by molar-refractivity contribution is 6.01. The Balaban J connectivity index is 2.12. The van der Waals surface area contributed by atoms with Crippen molar-refractivity contribution in [2.24, 2.45) is 0 Å². The van der Waals surface area contributed by atoms with E-state index in [1.807, 2.05) is 10.6 Å². The number of rotatable bonds is 30. The molecule has 1 aromatic carbocycles. The van der Waals surface area contributed by atoms with E-state index in [1.54, 1.807) is 0 Å². The first kappa shape index (κ1) is 53.1. The third-order valence-electron chi connectivity index (χ3n) is 8.70. The summed E-state index contributed by atoms with van der Waals surface area (Å²) in [6.07, 6.45) is -3.47. The van der Waals surface area contributed by atoms with Gasteiger partial charge in [0.2, 0.25) is 23.6 Å². The first-order valence-electron chi connectivity index (χ1n) is 19.3. The zero-order valence-corrected chi connectivity index (χ0v) is 34.1. The minimum atomic E-state index is -1.85. The summed E-state index contributed by atoms with van der Waals surface area (Å²) in [7, 11) is 0. The van der Waals surface area contributed by atoms with Crippen molar-refractivity contribution >= 4 is 71.3 Å². The van der Waals surface area contributed by atoms with Gasteiger partial charge in [0.15, 0.2) is 0 Å². The van der Waals surface area contributed by atoms with Crippen molar-refractivity contribution in [2.75, 3.05) is 19.8 Å². The Bertz CT molecular complexity index is 2010. The number of carboxylic acids is 6. The zero-order valence-electron chi connectivity index (χ0n) is 34.1. The molecular weight excluding hydrogens is 877 g/mol. The molecule has 0 aliphatic carbocycles. The summed E-state index contributed by atoms with van der Waals surface area (Å²) < 4.78 is 13.9. The van der Waals surface area contributed by atoms with Crippen LogP contribution in [0.25, 0.3) is 5.69 Å². The van der Waals surface area contributed by atoms with Crippen LogP contribution in [0, 0.1) is 0 Å². The second kappa shape index (κ2) is 26.4. The Hall–Kier alpha value is -8.07. The molecule has 0 bridgehead atoms. The number of amides is 6. The van der Waals surface area contributed by atoms with Gasteiger partial charge in [-0.2, -0.15) is 0 Å². The minimum Gasteiger partial charge on any atom is -0.481 e. The largest absolute Gasteiger partial charge is 0.481 e. The summed E-state index contributed by atoms with van der Waals surface area (Å²) in [6.45, 7) is -1.50. The number of hydrogen-bond donors (Lipinski definition) is 12. The molecule has 0 radical (unpaired) electrons. The van der Waals surface area contributed by atoms with Crippen molar-refractivity contribution in [3.8, 4) is 5.69 Å². The van der Waals surface area contributed by atoms with E-state index in [2.05, 4.69) is 31.6 Å². The number of carbonyl (C=O) groups is 12. The number of carbonyl (C=O) groups excluding carboxylic acids is 6. The first-order valence-corrected chi connectivity index (χ1v) is 19.3. The lowest BCUT2D eigenvalue weighted by Crippen LogP contribution is -2.47. The summed E-state index contributed by atoms with van der Waals surface area (Å²) in [5.41, 5.74) is 0.0507. The number of hydrogen-bond acceptors (Lipinski definition) is 14.